The van der Waals surface area contributed by atoms with Gasteiger partial charge in [-0.2, -0.15) is 11.2 Å². The van der Waals surface area contributed by atoms with E-state index in [4.69, 9.17) is 4.43 Å². The van der Waals surface area contributed by atoms with Gasteiger partial charge in [-0.15, -0.1) is 0 Å². The summed E-state index contributed by atoms with van der Waals surface area (Å²) in [4.78, 5) is 0. The second-order valence-corrected chi connectivity index (χ2v) is 19.3. The molecule has 0 aromatic heterocycles. The maximum absolute atomic E-state index is 5.79. The highest BCUT2D eigenvalue weighted by molar-refractivity contribution is 8.28. The van der Waals surface area contributed by atoms with Gasteiger partial charge in [0.2, 0.25) is 0 Å². The lowest BCUT2D eigenvalue weighted by molar-refractivity contribution is 0.312. The number of rotatable bonds is 6. The van der Waals surface area contributed by atoms with Crippen LogP contribution in [-0.4, -0.2) is 27.9 Å². The average molecular weight is 237 g/mol. The molecule has 0 aromatic rings. The Morgan fingerprint density at radius 3 is 1.92 bits per heavy atom. The van der Waals surface area contributed by atoms with Crippen LogP contribution in [0, 0.1) is 0 Å². The molecular weight excluding hydrogens is 212 g/mol. The first-order valence-corrected chi connectivity index (χ1v) is 13.6. The van der Waals surface area contributed by atoms with E-state index in [1.165, 1.54) is 12.2 Å². The molecule has 0 unspecified atom stereocenters. The molecule has 80 valence electrons. The first kappa shape index (κ1) is 13.7. The van der Waals surface area contributed by atoms with Crippen molar-refractivity contribution in [3.63, 3.8) is 0 Å². The SMILES string of the molecule is C[Si](C)(C)OCCCS[Si](C)(C)C. The maximum Gasteiger partial charge on any atom is 0.183 e. The summed E-state index contributed by atoms with van der Waals surface area (Å²) in [5, 5.41) is 0. The summed E-state index contributed by atoms with van der Waals surface area (Å²) in [5.41, 5.74) is 0. The molecule has 0 aromatic carbocycles. The van der Waals surface area contributed by atoms with Crippen LogP contribution < -0.4 is 0 Å². The molecule has 0 fully saturated rings. The molecule has 0 rings (SSSR count). The number of hydrogen-bond donors (Lipinski definition) is 0. The minimum Gasteiger partial charge on any atom is -0.418 e. The summed E-state index contributed by atoms with van der Waals surface area (Å²) in [6.07, 6.45) is 1.22. The Labute approximate surface area is 89.4 Å². The topological polar surface area (TPSA) is 9.23 Å². The molecule has 0 spiro atoms. The molecule has 0 radical (unpaired) electrons. The van der Waals surface area contributed by atoms with E-state index in [9.17, 15) is 0 Å². The molecule has 0 saturated heterocycles. The van der Waals surface area contributed by atoms with Crippen molar-refractivity contribution in [3.05, 3.63) is 0 Å². The van der Waals surface area contributed by atoms with E-state index in [1.807, 2.05) is 0 Å². The van der Waals surface area contributed by atoms with Crippen LogP contribution in [0.2, 0.25) is 39.3 Å². The summed E-state index contributed by atoms with van der Waals surface area (Å²) in [7, 11) is -2.13. The zero-order valence-corrected chi connectivity index (χ0v) is 12.8. The van der Waals surface area contributed by atoms with Crippen LogP contribution >= 0.6 is 11.2 Å². The minimum absolute atomic E-state index is 0.881. The summed E-state index contributed by atoms with van der Waals surface area (Å²) >= 11 is 2.16. The largest absolute Gasteiger partial charge is 0.418 e. The second-order valence-electron chi connectivity index (χ2n) is 5.28. The summed E-state index contributed by atoms with van der Waals surface area (Å²) in [6.45, 7) is 14.9. The molecule has 0 amide bonds. The van der Waals surface area contributed by atoms with Crippen molar-refractivity contribution in [3.8, 4) is 0 Å². The Bertz CT molecular complexity index is 122. The Balaban J connectivity index is 3.28. The maximum atomic E-state index is 5.79. The molecule has 0 heterocycles. The fourth-order valence-corrected chi connectivity index (χ4v) is 4.72. The van der Waals surface area contributed by atoms with Crippen LogP contribution in [0.1, 0.15) is 6.42 Å². The predicted molar refractivity (Wildman–Crippen MR) is 69.7 cm³/mol. The van der Waals surface area contributed by atoms with Crippen molar-refractivity contribution in [1.29, 1.82) is 0 Å². The van der Waals surface area contributed by atoms with Gasteiger partial charge in [-0.1, -0.05) is 19.6 Å². The monoisotopic (exact) mass is 236 g/mol. The quantitative estimate of drug-likeness (QED) is 0.512. The minimum atomic E-state index is -1.25. The van der Waals surface area contributed by atoms with E-state index in [2.05, 4.69) is 50.5 Å². The lowest BCUT2D eigenvalue weighted by Crippen LogP contribution is -2.26. The Hall–Kier alpha value is 0.744. The van der Waals surface area contributed by atoms with Gasteiger partial charge in [0.1, 0.15) is 7.22 Å². The molecule has 0 N–H and O–H groups in total. The Morgan fingerprint density at radius 2 is 1.54 bits per heavy atom. The average Bonchev–Trinajstić information content (AvgIpc) is 1.81. The zero-order valence-electron chi connectivity index (χ0n) is 9.94. The summed E-state index contributed by atoms with van der Waals surface area (Å²) < 4.78 is 5.79. The highest BCUT2D eigenvalue weighted by Gasteiger charge is 2.15. The predicted octanol–water partition coefficient (Wildman–Crippen LogP) is 3.80. The van der Waals surface area contributed by atoms with E-state index < -0.39 is 15.5 Å². The van der Waals surface area contributed by atoms with Crippen LogP contribution in [-0.2, 0) is 4.43 Å². The Kier molecular flexibility index (Phi) is 5.90. The lowest BCUT2D eigenvalue weighted by atomic mass is 10.5. The van der Waals surface area contributed by atoms with Gasteiger partial charge in [0.05, 0.1) is 0 Å². The molecular formula is C9H24OSSi2. The molecule has 0 aliphatic rings. The fraction of sp³-hybridized carbons (Fsp3) is 1.00. The molecule has 1 nitrogen and oxygen atoms in total. The zero-order chi connectivity index (χ0) is 10.5. The van der Waals surface area contributed by atoms with Crippen molar-refractivity contribution in [2.45, 2.75) is 45.7 Å². The van der Waals surface area contributed by atoms with Crippen molar-refractivity contribution < 1.29 is 4.43 Å². The molecule has 0 bridgehead atoms. The van der Waals surface area contributed by atoms with Gasteiger partial charge < -0.3 is 4.43 Å². The third-order valence-corrected chi connectivity index (χ3v) is 7.00. The van der Waals surface area contributed by atoms with Gasteiger partial charge in [0.25, 0.3) is 0 Å². The first-order valence-electron chi connectivity index (χ1n) is 4.99. The molecule has 0 atom stereocenters. The van der Waals surface area contributed by atoms with Crippen molar-refractivity contribution in [2.75, 3.05) is 12.4 Å². The van der Waals surface area contributed by atoms with Gasteiger partial charge in [-0.3, -0.25) is 0 Å². The van der Waals surface area contributed by atoms with Gasteiger partial charge in [0, 0.05) is 6.61 Å². The van der Waals surface area contributed by atoms with Crippen molar-refractivity contribution in [2.24, 2.45) is 0 Å². The van der Waals surface area contributed by atoms with E-state index in [0.717, 1.165) is 6.61 Å². The van der Waals surface area contributed by atoms with Crippen LogP contribution in [0.3, 0.4) is 0 Å². The van der Waals surface area contributed by atoms with E-state index in [-0.39, 0.29) is 0 Å². The molecule has 0 aliphatic carbocycles. The van der Waals surface area contributed by atoms with E-state index in [1.54, 1.807) is 0 Å². The second kappa shape index (κ2) is 5.58. The summed E-state index contributed by atoms with van der Waals surface area (Å²) in [5.74, 6) is 1.28. The highest BCUT2D eigenvalue weighted by atomic mass is 32.4. The molecule has 13 heavy (non-hydrogen) atoms. The Morgan fingerprint density at radius 1 is 1.00 bits per heavy atom. The van der Waals surface area contributed by atoms with Crippen LogP contribution in [0.4, 0.5) is 0 Å². The smallest absolute Gasteiger partial charge is 0.183 e. The van der Waals surface area contributed by atoms with Crippen LogP contribution in [0.15, 0.2) is 0 Å². The molecule has 4 heteroatoms. The fourth-order valence-electron chi connectivity index (χ4n) is 0.816. The van der Waals surface area contributed by atoms with Gasteiger partial charge in [-0.05, 0) is 31.8 Å². The molecule has 0 aliphatic heterocycles. The third kappa shape index (κ3) is 12.7. The first-order chi connectivity index (χ1) is 5.71. The third-order valence-electron chi connectivity index (χ3n) is 1.36. The van der Waals surface area contributed by atoms with Crippen LogP contribution in [0.5, 0.6) is 0 Å². The van der Waals surface area contributed by atoms with Crippen LogP contribution in [0.25, 0.3) is 0 Å². The van der Waals surface area contributed by atoms with E-state index >= 15 is 0 Å². The van der Waals surface area contributed by atoms with Gasteiger partial charge >= 0.3 is 0 Å². The molecule has 0 saturated carbocycles. The standard InChI is InChI=1S/C9H24OSSi2/c1-12(2,3)10-8-7-9-11-13(4,5)6/h7-9H2,1-6H3. The van der Waals surface area contributed by atoms with Crippen molar-refractivity contribution in [1.82, 2.24) is 0 Å². The highest BCUT2D eigenvalue weighted by Crippen LogP contribution is 2.20. The van der Waals surface area contributed by atoms with Gasteiger partial charge in [0.15, 0.2) is 8.32 Å². The summed E-state index contributed by atoms with van der Waals surface area (Å²) in [6, 6.07) is 0. The van der Waals surface area contributed by atoms with E-state index in [0.29, 0.717) is 0 Å². The van der Waals surface area contributed by atoms with Gasteiger partial charge in [-0.25, -0.2) is 0 Å². The number of hydrogen-bond acceptors (Lipinski definition) is 2. The van der Waals surface area contributed by atoms with Crippen molar-refractivity contribution >= 4 is 26.8 Å². The normalized spacial score (nSPS) is 13.4. The lowest BCUT2D eigenvalue weighted by Gasteiger charge is -2.18.